The summed E-state index contributed by atoms with van der Waals surface area (Å²) in [6.07, 6.45) is 1.10. The summed E-state index contributed by atoms with van der Waals surface area (Å²) in [6, 6.07) is 0.987. The third-order valence-electron chi connectivity index (χ3n) is 10.3. The molecule has 4 saturated heterocycles. The number of rotatable bonds is 11. The van der Waals surface area contributed by atoms with Crippen molar-refractivity contribution in [3.8, 4) is 11.5 Å². The van der Waals surface area contributed by atoms with Crippen LogP contribution in [0.2, 0.25) is 5.02 Å². The molecule has 2 aromatic rings. The van der Waals surface area contributed by atoms with Crippen molar-refractivity contribution in [3.63, 3.8) is 0 Å². The topological polar surface area (TPSA) is 281 Å². The number of aromatic nitrogens is 1. The maximum Gasteiger partial charge on any atom is 0.352 e. The summed E-state index contributed by atoms with van der Waals surface area (Å²) in [4.78, 5) is 77.2. The molecule has 0 saturated carbocycles. The lowest BCUT2D eigenvalue weighted by atomic mass is 9.97. The number of carbonyl (C=O) groups is 5. The molecule has 55 heavy (non-hydrogen) atoms. The van der Waals surface area contributed by atoms with Gasteiger partial charge in [0.15, 0.2) is 33.7 Å². The second-order valence-electron chi connectivity index (χ2n) is 14.1. The summed E-state index contributed by atoms with van der Waals surface area (Å²) in [5, 5.41) is 61.1. The quantitative estimate of drug-likeness (QED) is 0.0430. The number of thioether (sulfide) groups is 1. The Labute approximate surface area is 326 Å². The summed E-state index contributed by atoms with van der Waals surface area (Å²) in [7, 11) is 0. The van der Waals surface area contributed by atoms with Gasteiger partial charge in [-0.25, -0.2) is 9.78 Å². The average molecular weight is 821 g/mol. The van der Waals surface area contributed by atoms with E-state index in [-0.39, 0.29) is 46.2 Å². The van der Waals surface area contributed by atoms with Gasteiger partial charge in [-0.3, -0.25) is 19.3 Å². The molecule has 0 radical (unpaired) electrons. The number of anilines is 1. The van der Waals surface area contributed by atoms with Crippen molar-refractivity contribution in [2.45, 2.75) is 61.9 Å². The number of halogens is 1. The highest BCUT2D eigenvalue weighted by Gasteiger charge is 2.57. The Morgan fingerprint density at radius 3 is 2.47 bits per heavy atom. The number of amides is 3. The van der Waals surface area contributed by atoms with Crippen molar-refractivity contribution >= 4 is 80.9 Å². The number of piperidine rings is 1. The molecule has 22 heteroatoms. The van der Waals surface area contributed by atoms with Gasteiger partial charge in [-0.1, -0.05) is 21.9 Å². The highest BCUT2D eigenvalue weighted by molar-refractivity contribution is 8.00. The first-order valence-electron chi connectivity index (χ1n) is 16.9. The SMILES string of the molecule is C[C@@H]1S[C@@H]2[C@H](NC(=O)/C(=N\OC(C)(C)C(=O)[O-])c3csc(N)n3)C(=O)N2C(C(=O)O)=C1C[N+]12CCC(CC1)N(C(=O)/C(=N\O)c1ccc(O)c(O)c1Cl)CC2. The number of carboxylic acids is 2. The van der Waals surface area contributed by atoms with Crippen LogP contribution in [0.15, 0.2) is 39.1 Å². The molecule has 6 heterocycles. The van der Waals surface area contributed by atoms with Crippen LogP contribution in [0.5, 0.6) is 11.5 Å². The molecule has 0 unspecified atom stereocenters. The number of benzene rings is 1. The van der Waals surface area contributed by atoms with Gasteiger partial charge in [-0.05, 0) is 32.9 Å². The van der Waals surface area contributed by atoms with E-state index in [2.05, 4.69) is 20.6 Å². The summed E-state index contributed by atoms with van der Waals surface area (Å²) in [5.41, 5.74) is 3.19. The van der Waals surface area contributed by atoms with Crippen LogP contribution in [-0.4, -0.2) is 142 Å². The van der Waals surface area contributed by atoms with Crippen LogP contribution in [0, 0.1) is 0 Å². The zero-order chi connectivity index (χ0) is 40.1. The number of nitrogens with zero attached hydrogens (tertiary/aromatic N) is 6. The maximum atomic E-state index is 13.8. The number of thiazole rings is 1. The minimum absolute atomic E-state index is 0.0328. The molecule has 19 nitrogen and oxygen atoms in total. The fourth-order valence-corrected chi connectivity index (χ4v) is 9.39. The average Bonchev–Trinajstić information content (AvgIpc) is 3.38. The second kappa shape index (κ2) is 14.8. The van der Waals surface area contributed by atoms with Crippen molar-refractivity contribution in [3.05, 3.63) is 45.1 Å². The monoisotopic (exact) mass is 820 g/mol. The number of phenols is 2. The number of nitrogens with two attached hydrogens (primary N) is 1. The van der Waals surface area contributed by atoms with Crippen molar-refractivity contribution in [1.29, 1.82) is 0 Å². The van der Waals surface area contributed by atoms with Crippen LogP contribution in [0.1, 0.15) is 44.9 Å². The summed E-state index contributed by atoms with van der Waals surface area (Å²) in [5.74, 6) is -6.32. The van der Waals surface area contributed by atoms with E-state index in [1.807, 2.05) is 6.92 Å². The number of aromatic hydroxyl groups is 2. The molecule has 7 N–H and O–H groups in total. The Balaban J connectivity index is 1.20. The van der Waals surface area contributed by atoms with E-state index in [0.29, 0.717) is 42.5 Å². The Morgan fingerprint density at radius 2 is 1.87 bits per heavy atom. The van der Waals surface area contributed by atoms with E-state index in [1.165, 1.54) is 37.1 Å². The van der Waals surface area contributed by atoms with Gasteiger partial charge in [-0.2, -0.15) is 0 Å². The van der Waals surface area contributed by atoms with E-state index in [1.54, 1.807) is 4.90 Å². The number of hydrogen-bond donors (Lipinski definition) is 6. The molecule has 294 valence electrons. The fourth-order valence-electron chi connectivity index (χ4n) is 7.15. The van der Waals surface area contributed by atoms with Gasteiger partial charge in [0, 0.05) is 40.7 Å². The lowest BCUT2D eigenvalue weighted by molar-refractivity contribution is -0.925. The van der Waals surface area contributed by atoms with Crippen molar-refractivity contribution < 1.29 is 58.9 Å². The van der Waals surface area contributed by atoms with Crippen LogP contribution < -0.4 is 16.2 Å². The number of hydrogen-bond acceptors (Lipinski definition) is 16. The Bertz CT molecular complexity index is 2060. The molecule has 7 rings (SSSR count). The molecule has 4 fully saturated rings. The largest absolute Gasteiger partial charge is 0.546 e. The van der Waals surface area contributed by atoms with E-state index in [9.17, 15) is 49.6 Å². The lowest BCUT2D eigenvalue weighted by Crippen LogP contribution is -2.72. The number of carboxylic acid groups (broad SMARTS) is 2. The van der Waals surface area contributed by atoms with Crippen LogP contribution in [0.3, 0.4) is 0 Å². The Kier molecular flexibility index (Phi) is 10.7. The number of nitrogen functional groups attached to an aromatic ring is 1. The number of β-lactam (4-membered cyclic amide) rings is 1. The van der Waals surface area contributed by atoms with Crippen molar-refractivity contribution in [2.75, 3.05) is 38.5 Å². The van der Waals surface area contributed by atoms with Crippen molar-refractivity contribution in [2.24, 2.45) is 10.3 Å². The van der Waals surface area contributed by atoms with Gasteiger partial charge in [-0.15, -0.1) is 23.1 Å². The highest BCUT2D eigenvalue weighted by Crippen LogP contribution is 2.45. The predicted octanol–water partition coefficient (Wildman–Crippen LogP) is -0.134. The highest BCUT2D eigenvalue weighted by atomic mass is 35.5. The van der Waals surface area contributed by atoms with Crippen LogP contribution >= 0.6 is 34.7 Å². The lowest BCUT2D eigenvalue weighted by Gasteiger charge is -2.52. The van der Waals surface area contributed by atoms with Gasteiger partial charge >= 0.3 is 5.97 Å². The van der Waals surface area contributed by atoms with E-state index < -0.39 is 74.8 Å². The van der Waals surface area contributed by atoms with Crippen LogP contribution in [0.25, 0.3) is 0 Å². The molecule has 0 aliphatic carbocycles. The van der Waals surface area contributed by atoms with Crippen LogP contribution in [0.4, 0.5) is 5.13 Å². The van der Waals surface area contributed by atoms with Gasteiger partial charge < -0.3 is 55.7 Å². The molecule has 2 bridgehead atoms. The number of phenolic OH excluding ortho intramolecular Hbond substituents is 2. The van der Waals surface area contributed by atoms with Gasteiger partial charge in [0.1, 0.15) is 29.4 Å². The zero-order valence-corrected chi connectivity index (χ0v) is 32.0. The normalized spacial score (nSPS) is 25.6. The first-order valence-corrected chi connectivity index (χ1v) is 19.1. The molecule has 3 amide bonds. The minimum atomic E-state index is -1.92. The van der Waals surface area contributed by atoms with E-state index in [0.717, 1.165) is 22.3 Å². The Morgan fingerprint density at radius 1 is 1.18 bits per heavy atom. The summed E-state index contributed by atoms with van der Waals surface area (Å²) < 4.78 is 0.426. The predicted molar refractivity (Wildman–Crippen MR) is 195 cm³/mol. The first kappa shape index (κ1) is 39.6. The zero-order valence-electron chi connectivity index (χ0n) is 29.6. The number of carbonyl (C=O) groups excluding carboxylic acids is 4. The molecule has 3 atom stereocenters. The van der Waals surface area contributed by atoms with E-state index >= 15 is 0 Å². The number of quaternary nitrogens is 1. The van der Waals surface area contributed by atoms with Gasteiger partial charge in [0.25, 0.3) is 17.7 Å². The molecule has 5 aliphatic rings. The van der Waals surface area contributed by atoms with Crippen LogP contribution in [-0.2, 0) is 28.8 Å². The number of aliphatic carboxylic acids is 2. The number of nitrogens with one attached hydrogen (secondary N) is 1. The number of oxime groups is 2. The van der Waals surface area contributed by atoms with Crippen molar-refractivity contribution in [1.82, 2.24) is 20.1 Å². The smallest absolute Gasteiger partial charge is 0.352 e. The number of fused-ring (bicyclic) bond motifs is 5. The molecular weight excluding hydrogens is 784 g/mol. The van der Waals surface area contributed by atoms with Gasteiger partial charge in [0.2, 0.25) is 0 Å². The molecule has 1 aromatic heterocycles. The second-order valence-corrected chi connectivity index (χ2v) is 16.8. The van der Waals surface area contributed by atoms with E-state index in [4.69, 9.17) is 22.2 Å². The third kappa shape index (κ3) is 7.23. The standard InChI is InChI=1S/C33H37ClN8O11S2/c1-14-17(12-42-9-6-15(7-10-42)40(8-11-42)27(46)21(38-52)16-4-5-19(43)25(44)20(16)34)24(30(48)49)41-28(47)23(29(41)55-14)37-26(45)22(18-13-54-32(35)36-18)39-53-33(2,3)31(50)51/h4-5,13-15,23,29H,6-12H2,1-3H3,(H7-,35,36,37,38,39,43,44,45,46,48,49,50,51,52)/t14-,15?,23+,29+,42?/m0/s1. The Hall–Kier alpha value is -5.12. The molecule has 1 aromatic carbocycles. The summed E-state index contributed by atoms with van der Waals surface area (Å²) >= 11 is 8.46. The third-order valence-corrected chi connectivity index (χ3v) is 12.8. The maximum absolute atomic E-state index is 13.8. The first-order chi connectivity index (χ1) is 25.9. The fraction of sp³-hybridized carbons (Fsp3) is 0.455. The summed E-state index contributed by atoms with van der Waals surface area (Å²) in [6.45, 7) is 6.24. The minimum Gasteiger partial charge on any atom is -0.546 e. The molecule has 0 spiro atoms. The molecule has 5 aliphatic heterocycles. The van der Waals surface area contributed by atoms with Gasteiger partial charge in [0.05, 0.1) is 37.2 Å². The molecular formula is C33H37ClN8O11S2.